The van der Waals surface area contributed by atoms with E-state index < -0.39 is 0 Å². The maximum atomic E-state index is 5.71. The van der Waals surface area contributed by atoms with Crippen molar-refractivity contribution in [2.45, 2.75) is 0 Å². The van der Waals surface area contributed by atoms with E-state index in [0.717, 1.165) is 15.8 Å². The summed E-state index contributed by atoms with van der Waals surface area (Å²) in [5, 5.41) is 4.50. The maximum absolute atomic E-state index is 5.71. The predicted molar refractivity (Wildman–Crippen MR) is 79.5 cm³/mol. The molecule has 0 atom stereocenters. The van der Waals surface area contributed by atoms with E-state index in [0.29, 0.717) is 22.5 Å². The Labute approximate surface area is 123 Å². The molecule has 7 nitrogen and oxygen atoms in total. The molecule has 0 aliphatic heterocycles. The number of fused-ring (bicyclic) bond motifs is 1. The Balaban J connectivity index is 1.76. The molecule has 1 aromatic carbocycles. The first-order valence-corrected chi connectivity index (χ1v) is 6.99. The van der Waals surface area contributed by atoms with Crippen LogP contribution in [0.2, 0.25) is 0 Å². The monoisotopic (exact) mass is 298 g/mol. The summed E-state index contributed by atoms with van der Waals surface area (Å²) < 4.78 is 8.16. The minimum atomic E-state index is 0.434. The molecule has 0 aliphatic carbocycles. The van der Waals surface area contributed by atoms with Gasteiger partial charge in [-0.1, -0.05) is 16.5 Å². The van der Waals surface area contributed by atoms with Crippen LogP contribution in [0.3, 0.4) is 0 Å². The molecule has 104 valence electrons. The van der Waals surface area contributed by atoms with Gasteiger partial charge in [-0.25, -0.2) is 9.97 Å². The highest BCUT2D eigenvalue weighted by atomic mass is 32.1. The minimum absolute atomic E-state index is 0.434. The third-order valence-corrected chi connectivity index (χ3v) is 3.88. The number of nitrogens with zero attached hydrogens (tertiary/aromatic N) is 5. The second-order valence-corrected chi connectivity index (χ2v) is 5.64. The summed E-state index contributed by atoms with van der Waals surface area (Å²) in [5.41, 5.74) is 8.01. The quantitative estimate of drug-likeness (QED) is 0.610. The van der Waals surface area contributed by atoms with Crippen molar-refractivity contribution in [3.63, 3.8) is 0 Å². The van der Waals surface area contributed by atoms with Crippen molar-refractivity contribution in [1.82, 2.24) is 24.7 Å². The van der Waals surface area contributed by atoms with E-state index in [1.807, 2.05) is 36.0 Å². The fraction of sp³-hybridized carbons (Fsp3) is 0.0769. The van der Waals surface area contributed by atoms with E-state index in [2.05, 4.69) is 20.1 Å². The summed E-state index contributed by atoms with van der Waals surface area (Å²) in [6.45, 7) is 0. The van der Waals surface area contributed by atoms with Crippen LogP contribution in [0.25, 0.3) is 33.2 Å². The molecular weight excluding hydrogens is 288 g/mol. The molecule has 0 spiro atoms. The Hall–Kier alpha value is -2.74. The SMILES string of the molecule is Cn1cnc(-c2noc(-c3ccc4sc(N)nc4c3)n2)c1. The molecule has 0 amide bonds. The van der Waals surface area contributed by atoms with Crippen molar-refractivity contribution in [2.75, 3.05) is 5.73 Å². The van der Waals surface area contributed by atoms with Crippen LogP contribution in [-0.2, 0) is 7.05 Å². The Morgan fingerprint density at radius 3 is 3.00 bits per heavy atom. The van der Waals surface area contributed by atoms with Crippen LogP contribution in [0.1, 0.15) is 0 Å². The number of benzene rings is 1. The van der Waals surface area contributed by atoms with Gasteiger partial charge in [0.25, 0.3) is 5.89 Å². The lowest BCUT2D eigenvalue weighted by molar-refractivity contribution is 0.432. The van der Waals surface area contributed by atoms with Crippen LogP contribution >= 0.6 is 11.3 Å². The summed E-state index contributed by atoms with van der Waals surface area (Å²) >= 11 is 1.45. The number of hydrogen-bond donors (Lipinski definition) is 1. The maximum Gasteiger partial charge on any atom is 0.258 e. The fourth-order valence-corrected chi connectivity index (χ4v) is 2.77. The van der Waals surface area contributed by atoms with Crippen molar-refractivity contribution in [2.24, 2.45) is 7.05 Å². The van der Waals surface area contributed by atoms with Gasteiger partial charge in [-0.2, -0.15) is 4.98 Å². The summed E-state index contributed by atoms with van der Waals surface area (Å²) in [4.78, 5) is 12.8. The second kappa shape index (κ2) is 4.38. The van der Waals surface area contributed by atoms with Gasteiger partial charge in [-0.15, -0.1) is 0 Å². The van der Waals surface area contributed by atoms with Gasteiger partial charge in [0.2, 0.25) is 5.82 Å². The van der Waals surface area contributed by atoms with Crippen molar-refractivity contribution in [1.29, 1.82) is 0 Å². The molecule has 0 unspecified atom stereocenters. The molecule has 4 aromatic rings. The van der Waals surface area contributed by atoms with Gasteiger partial charge in [-0.05, 0) is 18.2 Å². The van der Waals surface area contributed by atoms with Gasteiger partial charge in [0.05, 0.1) is 16.5 Å². The number of hydrogen-bond acceptors (Lipinski definition) is 7. The molecule has 4 rings (SSSR count). The molecule has 8 heteroatoms. The first-order valence-electron chi connectivity index (χ1n) is 6.17. The van der Waals surface area contributed by atoms with Gasteiger partial charge in [-0.3, -0.25) is 0 Å². The largest absolute Gasteiger partial charge is 0.375 e. The highest BCUT2D eigenvalue weighted by Crippen LogP contribution is 2.28. The van der Waals surface area contributed by atoms with Gasteiger partial charge in [0.15, 0.2) is 5.13 Å². The molecule has 0 aliphatic rings. The number of anilines is 1. The molecule has 0 radical (unpaired) electrons. The summed E-state index contributed by atoms with van der Waals surface area (Å²) in [5.74, 6) is 0.896. The summed E-state index contributed by atoms with van der Waals surface area (Å²) in [6.07, 6.45) is 3.52. The van der Waals surface area contributed by atoms with Crippen LogP contribution in [0, 0.1) is 0 Å². The zero-order valence-electron chi connectivity index (χ0n) is 11.0. The lowest BCUT2D eigenvalue weighted by Gasteiger charge is -1.93. The summed E-state index contributed by atoms with van der Waals surface area (Å²) in [7, 11) is 1.89. The van der Waals surface area contributed by atoms with E-state index in [1.54, 1.807) is 6.33 Å². The molecule has 3 aromatic heterocycles. The standard InChI is InChI=1S/C13H10N6OS/c1-19-5-9(15-6-19)11-17-12(20-18-11)7-2-3-10-8(4-7)16-13(14)21-10/h2-6H,1H3,(H2,14,16). The van der Waals surface area contributed by atoms with Gasteiger partial charge >= 0.3 is 0 Å². The number of aromatic nitrogens is 5. The van der Waals surface area contributed by atoms with Crippen molar-refractivity contribution >= 4 is 26.7 Å². The smallest absolute Gasteiger partial charge is 0.258 e. The number of rotatable bonds is 2. The normalized spacial score (nSPS) is 11.3. The van der Waals surface area contributed by atoms with Gasteiger partial charge in [0, 0.05) is 18.8 Å². The number of nitrogen functional groups attached to an aromatic ring is 1. The average molecular weight is 298 g/mol. The molecular formula is C13H10N6OS. The van der Waals surface area contributed by atoms with Crippen LogP contribution in [0.4, 0.5) is 5.13 Å². The van der Waals surface area contributed by atoms with Gasteiger partial charge < -0.3 is 14.8 Å². The third kappa shape index (κ3) is 2.05. The van der Waals surface area contributed by atoms with Crippen LogP contribution < -0.4 is 5.73 Å². The van der Waals surface area contributed by atoms with E-state index in [1.165, 1.54) is 11.3 Å². The van der Waals surface area contributed by atoms with E-state index in [-0.39, 0.29) is 0 Å². The lowest BCUT2D eigenvalue weighted by atomic mass is 10.2. The Kier molecular flexibility index (Phi) is 2.51. The van der Waals surface area contributed by atoms with Crippen molar-refractivity contribution in [3.05, 3.63) is 30.7 Å². The first-order chi connectivity index (χ1) is 10.2. The number of nitrogens with two attached hydrogens (primary N) is 1. The lowest BCUT2D eigenvalue weighted by Crippen LogP contribution is -1.82. The van der Waals surface area contributed by atoms with E-state index >= 15 is 0 Å². The number of aryl methyl sites for hydroxylation is 1. The number of imidazole rings is 1. The Morgan fingerprint density at radius 2 is 2.19 bits per heavy atom. The predicted octanol–water partition coefficient (Wildman–Crippen LogP) is 2.33. The topological polar surface area (TPSA) is 95.7 Å². The molecule has 0 bridgehead atoms. The van der Waals surface area contributed by atoms with E-state index in [4.69, 9.17) is 10.3 Å². The molecule has 21 heavy (non-hydrogen) atoms. The molecule has 3 heterocycles. The molecule has 2 N–H and O–H groups in total. The molecule has 0 saturated carbocycles. The fourth-order valence-electron chi connectivity index (χ4n) is 2.05. The Bertz CT molecular complexity index is 937. The molecule has 0 fully saturated rings. The average Bonchev–Trinajstić information content (AvgIpc) is 3.15. The number of thiazole rings is 1. The zero-order valence-corrected chi connectivity index (χ0v) is 11.8. The highest BCUT2D eigenvalue weighted by Gasteiger charge is 2.13. The third-order valence-electron chi connectivity index (χ3n) is 3.01. The Morgan fingerprint density at radius 1 is 1.29 bits per heavy atom. The van der Waals surface area contributed by atoms with Gasteiger partial charge in [0.1, 0.15) is 5.69 Å². The van der Waals surface area contributed by atoms with Crippen LogP contribution in [0.15, 0.2) is 35.2 Å². The first kappa shape index (κ1) is 12.0. The van der Waals surface area contributed by atoms with Crippen LogP contribution in [-0.4, -0.2) is 24.7 Å². The summed E-state index contributed by atoms with van der Waals surface area (Å²) in [6, 6.07) is 5.75. The highest BCUT2D eigenvalue weighted by molar-refractivity contribution is 7.22. The minimum Gasteiger partial charge on any atom is -0.375 e. The molecule has 0 saturated heterocycles. The van der Waals surface area contributed by atoms with Crippen molar-refractivity contribution < 1.29 is 4.52 Å². The second-order valence-electron chi connectivity index (χ2n) is 4.58. The van der Waals surface area contributed by atoms with E-state index in [9.17, 15) is 0 Å². The van der Waals surface area contributed by atoms with Crippen LogP contribution in [0.5, 0.6) is 0 Å². The van der Waals surface area contributed by atoms with Crippen molar-refractivity contribution in [3.8, 4) is 23.0 Å². The zero-order chi connectivity index (χ0) is 14.4.